The molecule has 2 heterocycles. The third-order valence-corrected chi connectivity index (χ3v) is 5.55. The van der Waals surface area contributed by atoms with Crippen LogP contribution in [0.5, 0.6) is 0 Å². The minimum atomic E-state index is 0.859. The lowest BCUT2D eigenvalue weighted by Crippen LogP contribution is -2.08. The molecular formula is C28H26N2. The van der Waals surface area contributed by atoms with E-state index in [4.69, 9.17) is 4.98 Å². The Bertz CT molecular complexity index is 1210. The standard InChI is InChI=1S/C28H26N2/c1-6-7-11-23-16-24(15-18(2)21(23)5)26-17-25-19(3)14-20(4)29-28(25)30-27(26)22-12-9-8-10-13-22/h6-17H,1,3H2,2,4-5H3,(H,29,30)/b11-7-. The van der Waals surface area contributed by atoms with Gasteiger partial charge in [-0.25, -0.2) is 4.98 Å². The van der Waals surface area contributed by atoms with Crippen molar-refractivity contribution < 1.29 is 0 Å². The number of aromatic nitrogens is 1. The summed E-state index contributed by atoms with van der Waals surface area (Å²) in [6, 6.07) is 17.1. The molecule has 1 aliphatic heterocycles. The molecule has 1 N–H and O–H groups in total. The highest BCUT2D eigenvalue weighted by molar-refractivity contribution is 5.91. The first-order valence-corrected chi connectivity index (χ1v) is 10.1. The van der Waals surface area contributed by atoms with Crippen molar-refractivity contribution in [2.24, 2.45) is 0 Å². The second kappa shape index (κ2) is 8.00. The molecule has 1 aliphatic rings. The summed E-state index contributed by atoms with van der Waals surface area (Å²) in [5.41, 5.74) is 11.1. The number of aryl methyl sites for hydroxylation is 1. The normalized spacial score (nSPS) is 13.0. The number of fused-ring (bicyclic) bond motifs is 1. The highest BCUT2D eigenvalue weighted by atomic mass is 15.0. The van der Waals surface area contributed by atoms with E-state index in [1.54, 1.807) is 0 Å². The number of benzene rings is 2. The molecule has 30 heavy (non-hydrogen) atoms. The summed E-state index contributed by atoms with van der Waals surface area (Å²) in [6.45, 7) is 14.4. The van der Waals surface area contributed by atoms with Gasteiger partial charge in [0.1, 0.15) is 5.82 Å². The third-order valence-electron chi connectivity index (χ3n) is 5.55. The van der Waals surface area contributed by atoms with Crippen molar-refractivity contribution in [1.82, 2.24) is 4.98 Å². The molecule has 0 saturated carbocycles. The molecule has 0 unspecified atom stereocenters. The summed E-state index contributed by atoms with van der Waals surface area (Å²) < 4.78 is 0. The molecule has 0 atom stereocenters. The Hall–Kier alpha value is -3.65. The number of hydrogen-bond donors (Lipinski definition) is 1. The van der Waals surface area contributed by atoms with Crippen LogP contribution in [0.1, 0.15) is 29.2 Å². The second-order valence-corrected chi connectivity index (χ2v) is 7.73. The summed E-state index contributed by atoms with van der Waals surface area (Å²) in [6.07, 6.45) is 7.96. The Morgan fingerprint density at radius 1 is 0.933 bits per heavy atom. The summed E-state index contributed by atoms with van der Waals surface area (Å²) in [7, 11) is 0. The van der Waals surface area contributed by atoms with E-state index in [2.05, 4.69) is 86.9 Å². The van der Waals surface area contributed by atoms with E-state index in [1.807, 2.05) is 25.1 Å². The molecule has 1 aromatic heterocycles. The first-order chi connectivity index (χ1) is 14.5. The van der Waals surface area contributed by atoms with Gasteiger partial charge in [0.05, 0.1) is 5.69 Å². The first-order valence-electron chi connectivity index (χ1n) is 10.1. The molecule has 2 heteroatoms. The maximum Gasteiger partial charge on any atom is 0.138 e. The van der Waals surface area contributed by atoms with Gasteiger partial charge in [0.25, 0.3) is 0 Å². The zero-order chi connectivity index (χ0) is 21.3. The zero-order valence-electron chi connectivity index (χ0n) is 17.8. The van der Waals surface area contributed by atoms with E-state index in [0.29, 0.717) is 0 Å². The highest BCUT2D eigenvalue weighted by Gasteiger charge is 2.19. The van der Waals surface area contributed by atoms with Crippen LogP contribution in [0, 0.1) is 13.8 Å². The van der Waals surface area contributed by atoms with E-state index in [1.165, 1.54) is 16.7 Å². The average Bonchev–Trinajstić information content (AvgIpc) is 2.74. The third kappa shape index (κ3) is 3.65. The molecule has 148 valence electrons. The maximum atomic E-state index is 5.06. The van der Waals surface area contributed by atoms with Crippen molar-refractivity contribution in [1.29, 1.82) is 0 Å². The maximum absolute atomic E-state index is 5.06. The number of hydrogen-bond acceptors (Lipinski definition) is 2. The van der Waals surface area contributed by atoms with Gasteiger partial charge in [-0.2, -0.15) is 0 Å². The number of nitrogens with one attached hydrogen (secondary N) is 1. The van der Waals surface area contributed by atoms with Gasteiger partial charge in [-0.05, 0) is 66.8 Å². The predicted molar refractivity (Wildman–Crippen MR) is 130 cm³/mol. The number of pyridine rings is 1. The quantitative estimate of drug-likeness (QED) is 0.465. The fourth-order valence-corrected chi connectivity index (χ4v) is 3.84. The van der Waals surface area contributed by atoms with Gasteiger partial charge in [-0.3, -0.25) is 0 Å². The minimum absolute atomic E-state index is 0.859. The molecule has 0 aliphatic carbocycles. The van der Waals surface area contributed by atoms with E-state index >= 15 is 0 Å². The van der Waals surface area contributed by atoms with Crippen molar-refractivity contribution in [2.75, 3.05) is 5.32 Å². The number of nitrogens with zero attached hydrogens (tertiary/aromatic N) is 1. The smallest absolute Gasteiger partial charge is 0.138 e. The molecule has 0 radical (unpaired) electrons. The molecule has 2 aromatic carbocycles. The lowest BCUT2D eigenvalue weighted by Gasteiger charge is -2.22. The molecule has 2 nitrogen and oxygen atoms in total. The van der Waals surface area contributed by atoms with Crippen molar-refractivity contribution in [3.05, 3.63) is 108 Å². The Labute approximate surface area is 179 Å². The zero-order valence-corrected chi connectivity index (χ0v) is 17.8. The van der Waals surface area contributed by atoms with Crippen LogP contribution in [-0.4, -0.2) is 4.98 Å². The van der Waals surface area contributed by atoms with Gasteiger partial charge in [0, 0.05) is 22.4 Å². The molecule has 3 aromatic rings. The predicted octanol–water partition coefficient (Wildman–Crippen LogP) is 7.57. The fourth-order valence-electron chi connectivity index (χ4n) is 3.84. The van der Waals surface area contributed by atoms with Gasteiger partial charge < -0.3 is 5.32 Å². The van der Waals surface area contributed by atoms with Crippen LogP contribution in [0.25, 0.3) is 34.0 Å². The van der Waals surface area contributed by atoms with E-state index in [0.717, 1.165) is 45.0 Å². The lowest BCUT2D eigenvalue weighted by atomic mass is 9.90. The minimum Gasteiger partial charge on any atom is -0.344 e. The Morgan fingerprint density at radius 3 is 2.43 bits per heavy atom. The number of rotatable bonds is 4. The van der Waals surface area contributed by atoms with E-state index < -0.39 is 0 Å². The Kier molecular flexibility index (Phi) is 5.24. The van der Waals surface area contributed by atoms with Gasteiger partial charge in [0.15, 0.2) is 0 Å². The van der Waals surface area contributed by atoms with Gasteiger partial charge in [-0.15, -0.1) is 0 Å². The lowest BCUT2D eigenvalue weighted by molar-refractivity contribution is 1.23. The molecule has 0 spiro atoms. The van der Waals surface area contributed by atoms with Crippen LogP contribution in [0.15, 0.2) is 85.6 Å². The molecule has 0 saturated heterocycles. The number of allylic oxidation sites excluding steroid dienone is 5. The van der Waals surface area contributed by atoms with E-state index in [9.17, 15) is 0 Å². The fraction of sp³-hybridized carbons (Fsp3) is 0.107. The van der Waals surface area contributed by atoms with E-state index in [-0.39, 0.29) is 0 Å². The summed E-state index contributed by atoms with van der Waals surface area (Å²) in [5, 5.41) is 3.41. The molecule has 0 amide bonds. The largest absolute Gasteiger partial charge is 0.344 e. The summed E-state index contributed by atoms with van der Waals surface area (Å²) >= 11 is 0. The first kappa shape index (κ1) is 19.7. The van der Waals surface area contributed by atoms with Crippen LogP contribution < -0.4 is 5.32 Å². The van der Waals surface area contributed by atoms with Crippen molar-refractivity contribution >= 4 is 17.5 Å². The highest BCUT2D eigenvalue weighted by Crippen LogP contribution is 2.39. The second-order valence-electron chi connectivity index (χ2n) is 7.73. The SMILES string of the molecule is C=C/C=C\c1cc(-c2cc3c(nc2-c2ccccc2)NC(C)=CC3=C)cc(C)c1C. The van der Waals surface area contributed by atoms with Crippen molar-refractivity contribution in [3.63, 3.8) is 0 Å². The average molecular weight is 391 g/mol. The van der Waals surface area contributed by atoms with Gasteiger partial charge in [-0.1, -0.05) is 67.8 Å². The summed E-state index contributed by atoms with van der Waals surface area (Å²) in [5.74, 6) is 0.859. The van der Waals surface area contributed by atoms with Crippen molar-refractivity contribution in [3.8, 4) is 22.4 Å². The monoisotopic (exact) mass is 390 g/mol. The Morgan fingerprint density at radius 2 is 1.70 bits per heavy atom. The van der Waals surface area contributed by atoms with Gasteiger partial charge in [0.2, 0.25) is 0 Å². The van der Waals surface area contributed by atoms with Crippen LogP contribution >= 0.6 is 0 Å². The molecule has 0 fully saturated rings. The summed E-state index contributed by atoms with van der Waals surface area (Å²) in [4.78, 5) is 5.06. The Balaban J connectivity index is 1.99. The van der Waals surface area contributed by atoms with Crippen LogP contribution in [0.4, 0.5) is 5.82 Å². The van der Waals surface area contributed by atoms with Crippen LogP contribution in [0.2, 0.25) is 0 Å². The topological polar surface area (TPSA) is 24.9 Å². The van der Waals surface area contributed by atoms with Crippen LogP contribution in [0.3, 0.4) is 0 Å². The molecule has 0 bridgehead atoms. The van der Waals surface area contributed by atoms with Crippen molar-refractivity contribution in [2.45, 2.75) is 20.8 Å². The molecule has 4 rings (SSSR count). The van der Waals surface area contributed by atoms with Crippen LogP contribution in [-0.2, 0) is 0 Å². The van der Waals surface area contributed by atoms with Gasteiger partial charge >= 0.3 is 0 Å². The molecular weight excluding hydrogens is 364 g/mol. The number of anilines is 1.